The number of rotatable bonds is 2. The molecule has 2 aromatic rings. The standard InChI is InChI=1S/C17H13BrO2/c1-20-16-7-6-14(18)10-12(16)9-13-8-11-4-2-3-5-15(11)17(13)19/h2-7,9-10H,8H2,1H3. The number of fused-ring (bicyclic) bond motifs is 1. The molecule has 0 spiro atoms. The van der Waals surface area contributed by atoms with Gasteiger partial charge >= 0.3 is 0 Å². The van der Waals surface area contributed by atoms with E-state index < -0.39 is 0 Å². The number of allylic oxidation sites excluding steroid dienone is 1. The van der Waals surface area contributed by atoms with Crippen LogP contribution in [-0.2, 0) is 6.42 Å². The first-order chi connectivity index (χ1) is 9.69. The minimum atomic E-state index is 0.114. The molecule has 0 fully saturated rings. The van der Waals surface area contributed by atoms with Crippen molar-refractivity contribution in [2.45, 2.75) is 6.42 Å². The topological polar surface area (TPSA) is 26.3 Å². The van der Waals surface area contributed by atoms with Gasteiger partial charge in [0.15, 0.2) is 5.78 Å². The number of halogens is 1. The molecule has 1 aliphatic carbocycles. The number of hydrogen-bond acceptors (Lipinski definition) is 2. The summed E-state index contributed by atoms with van der Waals surface area (Å²) in [6.45, 7) is 0. The van der Waals surface area contributed by atoms with Gasteiger partial charge in [0.2, 0.25) is 0 Å². The van der Waals surface area contributed by atoms with E-state index in [1.807, 2.05) is 48.5 Å². The number of carbonyl (C=O) groups excluding carboxylic acids is 1. The van der Waals surface area contributed by atoms with E-state index in [2.05, 4.69) is 15.9 Å². The maximum Gasteiger partial charge on any atom is 0.189 e. The lowest BCUT2D eigenvalue weighted by Crippen LogP contribution is -1.96. The van der Waals surface area contributed by atoms with E-state index in [0.29, 0.717) is 6.42 Å². The second-order valence-corrected chi connectivity index (χ2v) is 5.63. The van der Waals surface area contributed by atoms with Gasteiger partial charge < -0.3 is 4.74 Å². The van der Waals surface area contributed by atoms with Crippen molar-refractivity contribution in [3.63, 3.8) is 0 Å². The Bertz CT molecular complexity index is 717. The Labute approximate surface area is 126 Å². The van der Waals surface area contributed by atoms with Gasteiger partial charge in [0, 0.05) is 27.6 Å². The van der Waals surface area contributed by atoms with Gasteiger partial charge in [0.1, 0.15) is 5.75 Å². The molecule has 0 N–H and O–H groups in total. The average Bonchev–Trinajstić information content (AvgIpc) is 2.76. The molecular weight excluding hydrogens is 316 g/mol. The van der Waals surface area contributed by atoms with Crippen molar-refractivity contribution in [2.24, 2.45) is 0 Å². The number of ketones is 1. The molecular formula is C17H13BrO2. The summed E-state index contributed by atoms with van der Waals surface area (Å²) in [5.41, 5.74) is 3.63. The summed E-state index contributed by atoms with van der Waals surface area (Å²) < 4.78 is 6.31. The van der Waals surface area contributed by atoms with Crippen molar-refractivity contribution in [3.05, 3.63) is 69.2 Å². The minimum absolute atomic E-state index is 0.114. The van der Waals surface area contributed by atoms with Crippen molar-refractivity contribution in [3.8, 4) is 5.75 Å². The largest absolute Gasteiger partial charge is 0.496 e. The molecule has 0 saturated carbocycles. The Morgan fingerprint density at radius 1 is 1.20 bits per heavy atom. The van der Waals surface area contributed by atoms with Gasteiger partial charge in [0.25, 0.3) is 0 Å². The molecule has 0 radical (unpaired) electrons. The maximum atomic E-state index is 12.4. The van der Waals surface area contributed by atoms with Crippen LogP contribution < -0.4 is 4.74 Å². The third-order valence-corrected chi connectivity index (χ3v) is 3.95. The highest BCUT2D eigenvalue weighted by molar-refractivity contribution is 9.10. The fraction of sp³-hybridized carbons (Fsp3) is 0.118. The van der Waals surface area contributed by atoms with Gasteiger partial charge in [-0.2, -0.15) is 0 Å². The van der Waals surface area contributed by atoms with E-state index in [1.165, 1.54) is 0 Å². The van der Waals surface area contributed by atoms with Crippen LogP contribution in [0, 0.1) is 0 Å². The summed E-state index contributed by atoms with van der Waals surface area (Å²) in [6, 6.07) is 13.5. The molecule has 2 aromatic carbocycles. The van der Waals surface area contributed by atoms with Crippen LogP contribution in [0.4, 0.5) is 0 Å². The van der Waals surface area contributed by atoms with Crippen LogP contribution in [0.5, 0.6) is 5.75 Å². The SMILES string of the molecule is COc1ccc(Br)cc1C=C1Cc2ccccc2C1=O. The van der Waals surface area contributed by atoms with Crippen LogP contribution in [0.25, 0.3) is 6.08 Å². The third-order valence-electron chi connectivity index (χ3n) is 3.46. The Kier molecular flexibility index (Phi) is 3.45. The van der Waals surface area contributed by atoms with Gasteiger partial charge in [-0.25, -0.2) is 0 Å². The molecule has 0 aliphatic heterocycles. The van der Waals surface area contributed by atoms with Gasteiger partial charge in [-0.3, -0.25) is 4.79 Å². The van der Waals surface area contributed by atoms with Crippen LogP contribution in [-0.4, -0.2) is 12.9 Å². The van der Waals surface area contributed by atoms with E-state index in [-0.39, 0.29) is 5.78 Å². The summed E-state index contributed by atoms with van der Waals surface area (Å²) in [5, 5.41) is 0. The van der Waals surface area contributed by atoms with Crippen molar-refractivity contribution < 1.29 is 9.53 Å². The van der Waals surface area contributed by atoms with Crippen molar-refractivity contribution in [1.82, 2.24) is 0 Å². The van der Waals surface area contributed by atoms with Gasteiger partial charge in [-0.05, 0) is 29.8 Å². The molecule has 0 bridgehead atoms. The summed E-state index contributed by atoms with van der Waals surface area (Å²) in [7, 11) is 1.64. The number of ether oxygens (including phenoxy) is 1. The normalized spacial score (nSPS) is 15.5. The molecule has 0 unspecified atom stereocenters. The average molecular weight is 329 g/mol. The fourth-order valence-electron chi connectivity index (χ4n) is 2.48. The first-order valence-electron chi connectivity index (χ1n) is 6.36. The van der Waals surface area contributed by atoms with E-state index in [4.69, 9.17) is 4.74 Å². The first-order valence-corrected chi connectivity index (χ1v) is 7.15. The zero-order valence-electron chi connectivity index (χ0n) is 11.0. The smallest absolute Gasteiger partial charge is 0.189 e. The quantitative estimate of drug-likeness (QED) is 0.769. The van der Waals surface area contributed by atoms with Crippen LogP contribution in [0.15, 0.2) is 52.5 Å². The zero-order valence-corrected chi connectivity index (χ0v) is 12.6. The molecule has 1 aliphatic rings. The summed E-state index contributed by atoms with van der Waals surface area (Å²) in [5.74, 6) is 0.882. The fourth-order valence-corrected chi connectivity index (χ4v) is 2.86. The van der Waals surface area contributed by atoms with Crippen molar-refractivity contribution in [1.29, 1.82) is 0 Å². The van der Waals surface area contributed by atoms with E-state index in [0.717, 1.165) is 32.5 Å². The Balaban J connectivity index is 2.03. The molecule has 0 heterocycles. The molecule has 3 rings (SSSR count). The molecule has 0 saturated heterocycles. The lowest BCUT2D eigenvalue weighted by atomic mass is 10.1. The molecule has 20 heavy (non-hydrogen) atoms. The monoisotopic (exact) mass is 328 g/mol. The molecule has 100 valence electrons. The Hall–Kier alpha value is -1.87. The number of Topliss-reactive ketones (excluding diaryl/α,β-unsaturated/α-hetero) is 1. The van der Waals surface area contributed by atoms with Crippen LogP contribution >= 0.6 is 15.9 Å². The summed E-state index contributed by atoms with van der Waals surface area (Å²) >= 11 is 3.45. The summed E-state index contributed by atoms with van der Waals surface area (Å²) in [4.78, 5) is 12.4. The highest BCUT2D eigenvalue weighted by atomic mass is 79.9. The number of benzene rings is 2. The molecule has 0 atom stereocenters. The Morgan fingerprint density at radius 2 is 2.00 bits per heavy atom. The van der Waals surface area contributed by atoms with Crippen LogP contribution in [0.1, 0.15) is 21.5 Å². The molecule has 3 heteroatoms. The molecule has 0 aromatic heterocycles. The number of hydrogen-bond donors (Lipinski definition) is 0. The third kappa shape index (κ3) is 2.29. The van der Waals surface area contributed by atoms with Gasteiger partial charge in [0.05, 0.1) is 7.11 Å². The molecule has 0 amide bonds. The van der Waals surface area contributed by atoms with E-state index in [9.17, 15) is 4.79 Å². The number of methoxy groups -OCH3 is 1. The predicted octanol–water partition coefficient (Wildman–Crippen LogP) is 4.28. The molecule has 2 nitrogen and oxygen atoms in total. The second kappa shape index (κ2) is 5.25. The maximum absolute atomic E-state index is 12.4. The van der Waals surface area contributed by atoms with Crippen molar-refractivity contribution in [2.75, 3.05) is 7.11 Å². The van der Waals surface area contributed by atoms with Crippen LogP contribution in [0.2, 0.25) is 0 Å². The zero-order chi connectivity index (χ0) is 14.1. The first kappa shape index (κ1) is 13.1. The van der Waals surface area contributed by atoms with Gasteiger partial charge in [-0.1, -0.05) is 40.2 Å². The van der Waals surface area contributed by atoms with Crippen LogP contribution in [0.3, 0.4) is 0 Å². The summed E-state index contributed by atoms with van der Waals surface area (Å²) in [6.07, 6.45) is 2.61. The minimum Gasteiger partial charge on any atom is -0.496 e. The van der Waals surface area contributed by atoms with E-state index >= 15 is 0 Å². The highest BCUT2D eigenvalue weighted by Gasteiger charge is 2.24. The second-order valence-electron chi connectivity index (χ2n) is 4.72. The van der Waals surface area contributed by atoms with Gasteiger partial charge in [-0.15, -0.1) is 0 Å². The lowest BCUT2D eigenvalue weighted by molar-refractivity contribution is 0.104. The Morgan fingerprint density at radius 3 is 2.75 bits per heavy atom. The lowest BCUT2D eigenvalue weighted by Gasteiger charge is -2.06. The highest BCUT2D eigenvalue weighted by Crippen LogP contribution is 2.31. The van der Waals surface area contributed by atoms with E-state index in [1.54, 1.807) is 7.11 Å². The number of carbonyl (C=O) groups is 1. The van der Waals surface area contributed by atoms with Crippen molar-refractivity contribution >= 4 is 27.8 Å². The predicted molar refractivity (Wildman–Crippen MR) is 83.1 cm³/mol.